The Bertz CT molecular complexity index is 1100. The molecule has 5 heteroatoms. The maximum absolute atomic E-state index is 3.54. The van der Waals surface area contributed by atoms with Gasteiger partial charge in [0.05, 0.1) is 8.03 Å². The van der Waals surface area contributed by atoms with Crippen molar-refractivity contribution in [1.82, 2.24) is 0 Å². The molecule has 5 rings (SSSR count). The van der Waals surface area contributed by atoms with Crippen LogP contribution >= 0.6 is 65.9 Å². The van der Waals surface area contributed by atoms with Crippen molar-refractivity contribution in [2.75, 3.05) is 0 Å². The fourth-order valence-electron chi connectivity index (χ4n) is 3.07. The van der Waals surface area contributed by atoms with Crippen LogP contribution in [0.4, 0.5) is 0 Å². The first-order valence-electron chi connectivity index (χ1n) is 7.64. The monoisotopic (exact) mass is 504 g/mol. The van der Waals surface area contributed by atoms with Crippen LogP contribution in [-0.4, -0.2) is 0 Å². The van der Waals surface area contributed by atoms with Gasteiger partial charge >= 0.3 is 0 Å². The molecule has 0 radical (unpaired) electrons. The summed E-state index contributed by atoms with van der Waals surface area (Å²) < 4.78 is 5.06. The van der Waals surface area contributed by atoms with Crippen LogP contribution in [0.2, 0.25) is 0 Å². The summed E-state index contributed by atoms with van der Waals surface area (Å²) in [6.07, 6.45) is 0. The number of benzene rings is 2. The van der Waals surface area contributed by atoms with E-state index in [4.69, 9.17) is 0 Å². The number of hydrogen-bond acceptors (Lipinski definition) is 3. The molecule has 0 spiro atoms. The number of hydrogen-bond donors (Lipinski definition) is 0. The zero-order chi connectivity index (χ0) is 17.0. The first kappa shape index (κ1) is 16.2. The predicted octanol–water partition coefficient (Wildman–Crippen LogP) is 9.04. The summed E-state index contributed by atoms with van der Waals surface area (Å²) in [5, 5.41) is 7.41. The minimum atomic E-state index is 1.12. The highest BCUT2D eigenvalue weighted by molar-refractivity contribution is 9.10. The fourth-order valence-corrected chi connectivity index (χ4v) is 7.35. The van der Waals surface area contributed by atoms with E-state index in [1.54, 1.807) is 0 Å². The largest absolute Gasteiger partial charge is 0.132 e. The second-order valence-electron chi connectivity index (χ2n) is 5.74. The number of fused-ring (bicyclic) bond motifs is 3. The molecule has 0 saturated heterocycles. The van der Waals surface area contributed by atoms with Crippen LogP contribution < -0.4 is 0 Å². The first-order chi connectivity index (χ1) is 12.2. The molecule has 0 nitrogen and oxygen atoms in total. The summed E-state index contributed by atoms with van der Waals surface area (Å²) in [6.45, 7) is 0. The molecule has 5 aromatic rings. The van der Waals surface area contributed by atoms with Crippen LogP contribution in [0.1, 0.15) is 0 Å². The third kappa shape index (κ3) is 2.73. The molecule has 0 amide bonds. The van der Waals surface area contributed by atoms with Gasteiger partial charge in [0, 0.05) is 41.6 Å². The Morgan fingerprint density at radius 3 is 1.36 bits per heavy atom. The van der Waals surface area contributed by atoms with Crippen LogP contribution in [0.25, 0.3) is 41.1 Å². The van der Waals surface area contributed by atoms with Gasteiger partial charge in [0.25, 0.3) is 0 Å². The highest BCUT2D eigenvalue weighted by Crippen LogP contribution is 2.50. The van der Waals surface area contributed by atoms with Crippen molar-refractivity contribution in [3.05, 3.63) is 68.2 Å². The van der Waals surface area contributed by atoms with E-state index in [1.165, 1.54) is 41.1 Å². The molecule has 0 bridgehead atoms. The molecule has 2 aromatic carbocycles. The Morgan fingerprint density at radius 2 is 0.960 bits per heavy atom. The SMILES string of the molecule is Brc1ccc(-c2csc3sc4scc(-c5ccc(Br)cc5)c4c23)cc1. The van der Waals surface area contributed by atoms with Crippen molar-refractivity contribution < 1.29 is 0 Å². The molecule has 0 atom stereocenters. The summed E-state index contributed by atoms with van der Waals surface area (Å²) in [6, 6.07) is 17.2. The molecule has 0 aliphatic carbocycles. The van der Waals surface area contributed by atoms with Crippen molar-refractivity contribution in [1.29, 1.82) is 0 Å². The molecule has 0 aliphatic heterocycles. The lowest BCUT2D eigenvalue weighted by molar-refractivity contribution is 1.64. The topological polar surface area (TPSA) is 0 Å². The van der Waals surface area contributed by atoms with E-state index in [9.17, 15) is 0 Å². The van der Waals surface area contributed by atoms with E-state index in [0.29, 0.717) is 0 Å². The third-order valence-corrected chi connectivity index (χ3v) is 8.72. The van der Waals surface area contributed by atoms with Crippen molar-refractivity contribution in [2.24, 2.45) is 0 Å². The zero-order valence-corrected chi connectivity index (χ0v) is 18.4. The van der Waals surface area contributed by atoms with Crippen LogP contribution in [-0.2, 0) is 0 Å². The molecule has 0 unspecified atom stereocenters. The lowest BCUT2D eigenvalue weighted by Gasteiger charge is -2.02. The normalized spacial score (nSPS) is 11.6. The molecule has 0 N–H and O–H groups in total. The Morgan fingerprint density at radius 1 is 0.560 bits per heavy atom. The van der Waals surface area contributed by atoms with Gasteiger partial charge in [0.15, 0.2) is 0 Å². The van der Waals surface area contributed by atoms with Gasteiger partial charge in [0.1, 0.15) is 0 Å². The van der Waals surface area contributed by atoms with Gasteiger partial charge in [-0.25, -0.2) is 0 Å². The van der Waals surface area contributed by atoms with Crippen LogP contribution in [0.15, 0.2) is 68.2 Å². The number of halogens is 2. The summed E-state index contributed by atoms with van der Waals surface area (Å²) >= 11 is 12.7. The molecule has 3 heterocycles. The van der Waals surface area contributed by atoms with E-state index in [0.717, 1.165) is 8.95 Å². The molecule has 0 aliphatic rings. The smallest absolute Gasteiger partial charge is 0.0892 e. The summed E-state index contributed by atoms with van der Waals surface area (Å²) in [4.78, 5) is 0. The second-order valence-corrected chi connectivity index (χ2v) is 10.9. The highest BCUT2D eigenvalue weighted by Gasteiger charge is 2.18. The van der Waals surface area contributed by atoms with Gasteiger partial charge in [-0.2, -0.15) is 0 Å². The lowest BCUT2D eigenvalue weighted by atomic mass is 10.0. The van der Waals surface area contributed by atoms with Crippen molar-refractivity contribution in [3.63, 3.8) is 0 Å². The van der Waals surface area contributed by atoms with Gasteiger partial charge in [-0.1, -0.05) is 56.1 Å². The Hall–Kier alpha value is -0.980. The average molecular weight is 506 g/mol. The summed E-state index contributed by atoms with van der Waals surface area (Å²) in [7, 11) is 0. The van der Waals surface area contributed by atoms with Gasteiger partial charge in [-0.15, -0.1) is 34.0 Å². The fraction of sp³-hybridized carbons (Fsp3) is 0. The molecule has 122 valence electrons. The van der Waals surface area contributed by atoms with E-state index in [-0.39, 0.29) is 0 Å². The van der Waals surface area contributed by atoms with Crippen LogP contribution in [0, 0.1) is 0 Å². The Kier molecular flexibility index (Phi) is 4.10. The quantitative estimate of drug-likeness (QED) is 0.224. The van der Waals surface area contributed by atoms with Crippen LogP contribution in [0.5, 0.6) is 0 Å². The highest BCUT2D eigenvalue weighted by atomic mass is 79.9. The summed E-state index contributed by atoms with van der Waals surface area (Å²) in [5.74, 6) is 0. The van der Waals surface area contributed by atoms with Crippen molar-refractivity contribution >= 4 is 84.7 Å². The number of rotatable bonds is 2. The van der Waals surface area contributed by atoms with Gasteiger partial charge in [-0.05, 0) is 35.4 Å². The average Bonchev–Trinajstić information content (AvgIpc) is 3.28. The molecule has 0 fully saturated rings. The number of thiophene rings is 3. The molecular formula is C20H10Br2S3. The van der Waals surface area contributed by atoms with Gasteiger partial charge in [-0.3, -0.25) is 0 Å². The van der Waals surface area contributed by atoms with Crippen molar-refractivity contribution in [2.45, 2.75) is 0 Å². The minimum Gasteiger partial charge on any atom is -0.132 e. The first-order valence-corrected chi connectivity index (χ1v) is 11.8. The maximum Gasteiger partial charge on any atom is 0.0892 e. The summed E-state index contributed by atoms with van der Waals surface area (Å²) in [5.41, 5.74) is 5.25. The third-order valence-electron chi connectivity index (χ3n) is 4.26. The Labute approximate surface area is 174 Å². The molecule has 3 aromatic heterocycles. The van der Waals surface area contributed by atoms with E-state index < -0.39 is 0 Å². The molecule has 25 heavy (non-hydrogen) atoms. The lowest BCUT2D eigenvalue weighted by Crippen LogP contribution is -1.77. The van der Waals surface area contributed by atoms with E-state index in [1.807, 2.05) is 34.0 Å². The van der Waals surface area contributed by atoms with Crippen LogP contribution in [0.3, 0.4) is 0 Å². The Balaban J connectivity index is 1.80. The van der Waals surface area contributed by atoms with Gasteiger partial charge < -0.3 is 0 Å². The maximum atomic E-state index is 3.54. The molecule has 0 saturated carbocycles. The second kappa shape index (κ2) is 6.32. The van der Waals surface area contributed by atoms with E-state index >= 15 is 0 Å². The molecular weight excluding hydrogens is 496 g/mol. The van der Waals surface area contributed by atoms with E-state index in [2.05, 4.69) is 91.2 Å². The predicted molar refractivity (Wildman–Crippen MR) is 121 cm³/mol. The zero-order valence-electron chi connectivity index (χ0n) is 12.8. The minimum absolute atomic E-state index is 1.12. The standard InChI is InChI=1S/C20H10Br2S3/c21-13-5-1-11(2-6-13)15-9-23-19-17(15)18-16(10-24-20(18)25-19)12-3-7-14(22)8-4-12/h1-10H. The van der Waals surface area contributed by atoms with Crippen molar-refractivity contribution in [3.8, 4) is 22.3 Å². The van der Waals surface area contributed by atoms with Gasteiger partial charge in [0.2, 0.25) is 0 Å².